The van der Waals surface area contributed by atoms with Crippen LogP contribution in [0.5, 0.6) is 5.75 Å². The second-order valence-corrected chi connectivity index (χ2v) is 9.58. The molecule has 0 unspecified atom stereocenters. The van der Waals surface area contributed by atoms with E-state index in [0.29, 0.717) is 24.8 Å². The van der Waals surface area contributed by atoms with E-state index in [0.717, 1.165) is 44.6 Å². The van der Waals surface area contributed by atoms with Crippen LogP contribution < -0.4 is 15.9 Å². The third-order valence-corrected chi connectivity index (χ3v) is 7.26. The van der Waals surface area contributed by atoms with E-state index >= 15 is 0 Å². The normalized spacial score (nSPS) is 24.0. The van der Waals surface area contributed by atoms with Crippen molar-refractivity contribution >= 4 is 0 Å². The van der Waals surface area contributed by atoms with E-state index < -0.39 is 16.7 Å². The zero-order chi connectivity index (χ0) is 22.1. The summed E-state index contributed by atoms with van der Waals surface area (Å²) in [5.74, 6) is 1.86. The predicted molar refractivity (Wildman–Crippen MR) is 120 cm³/mol. The average Bonchev–Trinajstić information content (AvgIpc) is 3.20. The van der Waals surface area contributed by atoms with Gasteiger partial charge in [0, 0.05) is 26.2 Å². The first-order valence-electron chi connectivity index (χ1n) is 11.8. The van der Waals surface area contributed by atoms with Gasteiger partial charge in [-0.3, -0.25) is 19.1 Å². The summed E-state index contributed by atoms with van der Waals surface area (Å²) in [5.41, 5.74) is -0.219. The number of aromatic nitrogens is 3. The Morgan fingerprint density at radius 1 is 1.16 bits per heavy atom. The summed E-state index contributed by atoms with van der Waals surface area (Å²) in [5, 5.41) is 4.54. The van der Waals surface area contributed by atoms with Crippen LogP contribution in [0.25, 0.3) is 0 Å². The summed E-state index contributed by atoms with van der Waals surface area (Å²) in [7, 11) is 1.67. The fraction of sp³-hybridized carbons (Fsp3) is 0.625. The maximum absolute atomic E-state index is 13.0. The summed E-state index contributed by atoms with van der Waals surface area (Å²) in [6.45, 7) is 3.61. The SMILES string of the molecule is COc1cccc(CN2CC[C@]3(C2)Cn2c(nn(CC4CCCCC4)c(=O)c2=O)CO3)c1. The van der Waals surface area contributed by atoms with Gasteiger partial charge in [-0.15, -0.1) is 0 Å². The van der Waals surface area contributed by atoms with Crippen molar-refractivity contribution < 1.29 is 9.47 Å². The Hall–Kier alpha value is -2.45. The Labute approximate surface area is 187 Å². The molecule has 3 aliphatic rings. The van der Waals surface area contributed by atoms with E-state index in [1.165, 1.54) is 29.5 Å². The maximum Gasteiger partial charge on any atom is 0.332 e. The van der Waals surface area contributed by atoms with Crippen LogP contribution in [0.4, 0.5) is 0 Å². The fourth-order valence-electron chi connectivity index (χ4n) is 5.48. The van der Waals surface area contributed by atoms with Crippen LogP contribution in [0.2, 0.25) is 0 Å². The van der Waals surface area contributed by atoms with Gasteiger partial charge in [-0.05, 0) is 42.9 Å². The number of fused-ring (bicyclic) bond motifs is 1. The molecular weight excluding hydrogens is 408 g/mol. The lowest BCUT2D eigenvalue weighted by atomic mass is 9.89. The van der Waals surface area contributed by atoms with Gasteiger partial charge in [0.1, 0.15) is 18.0 Å². The van der Waals surface area contributed by atoms with Crippen LogP contribution in [0.3, 0.4) is 0 Å². The molecule has 32 heavy (non-hydrogen) atoms. The number of hydrogen-bond acceptors (Lipinski definition) is 6. The molecule has 2 fully saturated rings. The molecule has 2 aromatic rings. The smallest absolute Gasteiger partial charge is 0.332 e. The van der Waals surface area contributed by atoms with Gasteiger partial charge in [-0.2, -0.15) is 5.10 Å². The lowest BCUT2D eigenvalue weighted by Crippen LogP contribution is -2.53. The topological polar surface area (TPSA) is 78.6 Å². The minimum atomic E-state index is -0.498. The van der Waals surface area contributed by atoms with E-state index in [1.807, 2.05) is 18.2 Å². The van der Waals surface area contributed by atoms with E-state index in [1.54, 1.807) is 11.7 Å². The highest BCUT2D eigenvalue weighted by atomic mass is 16.5. The number of benzene rings is 1. The summed E-state index contributed by atoms with van der Waals surface area (Å²) >= 11 is 0. The molecule has 8 heteroatoms. The largest absolute Gasteiger partial charge is 0.497 e. The highest BCUT2D eigenvalue weighted by Crippen LogP contribution is 2.32. The van der Waals surface area contributed by atoms with Gasteiger partial charge < -0.3 is 9.47 Å². The predicted octanol–water partition coefficient (Wildman–Crippen LogP) is 2.17. The molecule has 172 valence electrons. The van der Waals surface area contributed by atoms with Crippen molar-refractivity contribution in [1.82, 2.24) is 19.2 Å². The Balaban J connectivity index is 1.30. The first-order valence-corrected chi connectivity index (χ1v) is 11.8. The van der Waals surface area contributed by atoms with Crippen molar-refractivity contribution in [3.8, 4) is 5.75 Å². The molecule has 3 heterocycles. The van der Waals surface area contributed by atoms with Gasteiger partial charge in [0.25, 0.3) is 0 Å². The minimum Gasteiger partial charge on any atom is -0.497 e. The van der Waals surface area contributed by atoms with Crippen LogP contribution in [-0.4, -0.2) is 45.0 Å². The quantitative estimate of drug-likeness (QED) is 0.663. The molecule has 0 N–H and O–H groups in total. The molecule has 1 spiro atoms. The van der Waals surface area contributed by atoms with Gasteiger partial charge in [-0.25, -0.2) is 4.68 Å². The van der Waals surface area contributed by atoms with Crippen LogP contribution >= 0.6 is 0 Å². The number of likely N-dealkylation sites (tertiary alicyclic amines) is 1. The number of methoxy groups -OCH3 is 1. The molecule has 1 aromatic heterocycles. The lowest BCUT2D eigenvalue weighted by molar-refractivity contribution is -0.0860. The second kappa shape index (κ2) is 8.83. The van der Waals surface area contributed by atoms with Gasteiger partial charge in [0.15, 0.2) is 5.82 Å². The van der Waals surface area contributed by atoms with Gasteiger partial charge >= 0.3 is 11.1 Å². The van der Waals surface area contributed by atoms with Crippen LogP contribution in [-0.2, 0) is 31.0 Å². The highest BCUT2D eigenvalue weighted by Gasteiger charge is 2.43. The molecule has 0 amide bonds. The fourth-order valence-corrected chi connectivity index (χ4v) is 5.48. The molecule has 0 bridgehead atoms. The van der Waals surface area contributed by atoms with E-state index in [2.05, 4.69) is 16.1 Å². The second-order valence-electron chi connectivity index (χ2n) is 9.58. The van der Waals surface area contributed by atoms with E-state index in [-0.39, 0.29) is 6.61 Å². The molecule has 1 saturated carbocycles. The molecule has 1 atom stereocenters. The molecular formula is C24H32N4O4. The average molecular weight is 441 g/mol. The third kappa shape index (κ3) is 4.26. The zero-order valence-corrected chi connectivity index (χ0v) is 18.8. The van der Waals surface area contributed by atoms with E-state index in [4.69, 9.17) is 9.47 Å². The van der Waals surface area contributed by atoms with Gasteiger partial charge in [-0.1, -0.05) is 31.4 Å². The van der Waals surface area contributed by atoms with Crippen molar-refractivity contribution in [2.75, 3.05) is 20.2 Å². The Morgan fingerprint density at radius 3 is 2.81 bits per heavy atom. The number of hydrogen-bond donors (Lipinski definition) is 0. The maximum atomic E-state index is 13.0. The molecule has 1 saturated heterocycles. The van der Waals surface area contributed by atoms with Crippen molar-refractivity contribution in [2.45, 2.75) is 70.4 Å². The number of ether oxygens (including phenoxy) is 2. The van der Waals surface area contributed by atoms with Gasteiger partial charge in [0.05, 0.1) is 13.7 Å². The minimum absolute atomic E-state index is 0.271. The first-order chi connectivity index (χ1) is 15.5. The Bertz CT molecular complexity index is 1090. The zero-order valence-electron chi connectivity index (χ0n) is 18.8. The van der Waals surface area contributed by atoms with Crippen LogP contribution in [0.15, 0.2) is 33.9 Å². The lowest BCUT2D eigenvalue weighted by Gasteiger charge is -2.35. The van der Waals surface area contributed by atoms with Crippen molar-refractivity contribution in [2.24, 2.45) is 5.92 Å². The van der Waals surface area contributed by atoms with Crippen LogP contribution in [0.1, 0.15) is 49.9 Å². The Morgan fingerprint density at radius 2 is 2.00 bits per heavy atom. The highest BCUT2D eigenvalue weighted by molar-refractivity contribution is 5.28. The summed E-state index contributed by atoms with van der Waals surface area (Å²) in [4.78, 5) is 28.1. The summed E-state index contributed by atoms with van der Waals surface area (Å²) in [6, 6.07) is 8.08. The molecule has 8 nitrogen and oxygen atoms in total. The molecule has 0 radical (unpaired) electrons. The number of nitrogens with zero attached hydrogens (tertiary/aromatic N) is 4. The van der Waals surface area contributed by atoms with Crippen molar-refractivity contribution in [1.29, 1.82) is 0 Å². The summed E-state index contributed by atoms with van der Waals surface area (Å²) in [6.07, 6.45) is 6.69. The molecule has 1 aromatic carbocycles. The third-order valence-electron chi connectivity index (χ3n) is 7.26. The van der Waals surface area contributed by atoms with Gasteiger partial charge in [0.2, 0.25) is 0 Å². The standard InChI is InChI=1S/C24H32N4O4/c1-31-20-9-5-8-19(12-20)13-26-11-10-24(16-26)17-27-21(15-32-24)25-28(23(30)22(27)29)14-18-6-3-2-4-7-18/h5,8-9,12,18H,2-4,6-7,10-11,13-17H2,1H3/t24-/m0/s1. The molecule has 1 aliphatic carbocycles. The monoisotopic (exact) mass is 440 g/mol. The summed E-state index contributed by atoms with van der Waals surface area (Å²) < 4.78 is 14.6. The van der Waals surface area contributed by atoms with Crippen molar-refractivity contribution in [3.63, 3.8) is 0 Å². The molecule has 2 aliphatic heterocycles. The van der Waals surface area contributed by atoms with Crippen LogP contribution in [0, 0.1) is 5.92 Å². The molecule has 5 rings (SSSR count). The first kappa shape index (κ1) is 21.4. The Kier molecular flexibility index (Phi) is 5.90. The van der Waals surface area contributed by atoms with Crippen molar-refractivity contribution in [3.05, 3.63) is 56.4 Å². The number of rotatable bonds is 5. The van der Waals surface area contributed by atoms with E-state index in [9.17, 15) is 9.59 Å².